The third kappa shape index (κ3) is 3.14. The summed E-state index contributed by atoms with van der Waals surface area (Å²) in [5.41, 5.74) is -0.455. The van der Waals surface area contributed by atoms with Gasteiger partial charge in [-0.25, -0.2) is 0 Å². The summed E-state index contributed by atoms with van der Waals surface area (Å²) in [4.78, 5) is 12.2. The van der Waals surface area contributed by atoms with Crippen molar-refractivity contribution in [1.29, 1.82) is 0 Å². The van der Waals surface area contributed by atoms with Crippen LogP contribution in [-0.2, 0) is 9.53 Å². The van der Waals surface area contributed by atoms with Crippen molar-refractivity contribution in [2.75, 3.05) is 18.6 Å². The molecule has 1 fully saturated rings. The number of hydrogen-bond donors (Lipinski definition) is 1. The molecule has 16 heavy (non-hydrogen) atoms. The molecule has 4 heteroatoms. The fourth-order valence-corrected chi connectivity index (χ4v) is 3.03. The molecule has 1 aliphatic carbocycles. The van der Waals surface area contributed by atoms with Crippen LogP contribution in [0, 0.1) is 5.92 Å². The van der Waals surface area contributed by atoms with Gasteiger partial charge in [0.1, 0.15) is 5.54 Å². The van der Waals surface area contributed by atoms with Crippen molar-refractivity contribution in [3.63, 3.8) is 0 Å². The minimum absolute atomic E-state index is 0.0689. The van der Waals surface area contributed by atoms with Gasteiger partial charge in [0, 0.05) is 11.8 Å². The largest absolute Gasteiger partial charge is 0.465 e. The van der Waals surface area contributed by atoms with Gasteiger partial charge in [-0.05, 0) is 45.8 Å². The van der Waals surface area contributed by atoms with Crippen LogP contribution < -0.4 is 5.32 Å². The summed E-state index contributed by atoms with van der Waals surface area (Å²) in [5, 5.41) is 3.45. The molecule has 0 saturated heterocycles. The van der Waals surface area contributed by atoms with Gasteiger partial charge in [-0.1, -0.05) is 0 Å². The van der Waals surface area contributed by atoms with E-state index in [9.17, 15) is 4.79 Å². The van der Waals surface area contributed by atoms with Crippen LogP contribution in [0.15, 0.2) is 0 Å². The van der Waals surface area contributed by atoms with Crippen molar-refractivity contribution in [3.8, 4) is 0 Å². The third-order valence-electron chi connectivity index (χ3n) is 2.83. The summed E-state index contributed by atoms with van der Waals surface area (Å²) >= 11 is 1.71. The first kappa shape index (κ1) is 13.8. The van der Waals surface area contributed by atoms with Crippen molar-refractivity contribution in [2.45, 2.75) is 45.2 Å². The van der Waals surface area contributed by atoms with E-state index in [1.54, 1.807) is 11.8 Å². The molecular formula is C12H23NO2S. The van der Waals surface area contributed by atoms with Gasteiger partial charge in [-0.2, -0.15) is 11.8 Å². The van der Waals surface area contributed by atoms with Crippen LogP contribution in [0.2, 0.25) is 0 Å². The van der Waals surface area contributed by atoms with Crippen molar-refractivity contribution in [1.82, 2.24) is 5.32 Å². The van der Waals surface area contributed by atoms with E-state index in [2.05, 4.69) is 19.2 Å². The van der Waals surface area contributed by atoms with Gasteiger partial charge in [-0.15, -0.1) is 0 Å². The lowest BCUT2D eigenvalue weighted by atomic mass is 9.94. The Morgan fingerprint density at radius 3 is 2.56 bits per heavy atom. The first-order valence-electron chi connectivity index (χ1n) is 6.00. The Balaban J connectivity index is 2.81. The number of nitrogens with one attached hydrogen (secondary N) is 1. The normalized spacial score (nSPS) is 19.6. The van der Waals surface area contributed by atoms with Gasteiger partial charge in [0.15, 0.2) is 0 Å². The maximum absolute atomic E-state index is 12.2. The molecule has 0 bridgehead atoms. The van der Waals surface area contributed by atoms with Gasteiger partial charge >= 0.3 is 5.97 Å². The number of rotatable bonds is 7. The Hall–Kier alpha value is -0.220. The second kappa shape index (κ2) is 5.92. The molecule has 0 aliphatic heterocycles. The third-order valence-corrected chi connectivity index (χ3v) is 3.58. The van der Waals surface area contributed by atoms with Gasteiger partial charge in [0.2, 0.25) is 0 Å². The summed E-state index contributed by atoms with van der Waals surface area (Å²) in [6.07, 6.45) is 4.32. The lowest BCUT2D eigenvalue weighted by Crippen LogP contribution is -2.59. The Labute approximate surface area is 103 Å². The van der Waals surface area contributed by atoms with Gasteiger partial charge in [0.25, 0.3) is 0 Å². The molecule has 1 N–H and O–H groups in total. The molecule has 0 aromatic heterocycles. The van der Waals surface area contributed by atoms with E-state index in [1.165, 1.54) is 0 Å². The number of carbonyl (C=O) groups excluding carboxylic acids is 1. The minimum atomic E-state index is -0.455. The van der Waals surface area contributed by atoms with Crippen LogP contribution in [0.25, 0.3) is 0 Å². The van der Waals surface area contributed by atoms with E-state index in [-0.39, 0.29) is 5.97 Å². The predicted molar refractivity (Wildman–Crippen MR) is 68.7 cm³/mol. The van der Waals surface area contributed by atoms with Crippen LogP contribution in [0.1, 0.15) is 33.6 Å². The smallest absolute Gasteiger partial charge is 0.327 e. The van der Waals surface area contributed by atoms with E-state index in [4.69, 9.17) is 4.74 Å². The van der Waals surface area contributed by atoms with E-state index >= 15 is 0 Å². The van der Waals surface area contributed by atoms with Gasteiger partial charge in [-0.3, -0.25) is 10.1 Å². The SMILES string of the molecule is CCOC(=O)C(CSC)(NC(C)C)C1CC1. The molecule has 1 saturated carbocycles. The molecule has 0 aromatic rings. The first-order valence-corrected chi connectivity index (χ1v) is 7.40. The first-order chi connectivity index (χ1) is 7.56. The fourth-order valence-electron chi connectivity index (χ4n) is 2.14. The van der Waals surface area contributed by atoms with Crippen molar-refractivity contribution in [2.24, 2.45) is 5.92 Å². The summed E-state index contributed by atoms with van der Waals surface area (Å²) in [6, 6.07) is 0.303. The molecule has 0 aromatic carbocycles. The molecule has 1 unspecified atom stereocenters. The summed E-state index contributed by atoms with van der Waals surface area (Å²) in [5.74, 6) is 1.19. The molecule has 1 rings (SSSR count). The Bertz CT molecular complexity index is 241. The Kier molecular flexibility index (Phi) is 5.12. The fraction of sp³-hybridized carbons (Fsp3) is 0.917. The molecule has 94 valence electrons. The number of carbonyl (C=O) groups is 1. The zero-order chi connectivity index (χ0) is 12.2. The molecule has 3 nitrogen and oxygen atoms in total. The molecule has 0 heterocycles. The molecular weight excluding hydrogens is 222 g/mol. The molecule has 0 amide bonds. The van der Waals surface area contributed by atoms with Gasteiger partial charge < -0.3 is 4.74 Å². The average molecular weight is 245 g/mol. The van der Waals surface area contributed by atoms with Crippen LogP contribution in [0.3, 0.4) is 0 Å². The Morgan fingerprint density at radius 1 is 1.56 bits per heavy atom. The predicted octanol–water partition coefficient (Wildman–Crippen LogP) is 2.06. The lowest BCUT2D eigenvalue weighted by molar-refractivity contribution is -0.151. The van der Waals surface area contributed by atoms with E-state index < -0.39 is 5.54 Å². The maximum Gasteiger partial charge on any atom is 0.327 e. The van der Waals surface area contributed by atoms with Crippen molar-refractivity contribution in [3.05, 3.63) is 0 Å². The van der Waals surface area contributed by atoms with E-state index in [0.717, 1.165) is 18.6 Å². The summed E-state index contributed by atoms with van der Waals surface area (Å²) < 4.78 is 5.25. The highest BCUT2D eigenvalue weighted by Crippen LogP contribution is 2.42. The Morgan fingerprint density at radius 2 is 2.19 bits per heavy atom. The zero-order valence-electron chi connectivity index (χ0n) is 10.7. The van der Waals surface area contributed by atoms with Gasteiger partial charge in [0.05, 0.1) is 6.61 Å². The molecule has 0 spiro atoms. The number of esters is 1. The summed E-state index contributed by atoms with van der Waals surface area (Å²) in [7, 11) is 0. The summed E-state index contributed by atoms with van der Waals surface area (Å²) in [6.45, 7) is 6.48. The van der Waals surface area contributed by atoms with E-state index in [0.29, 0.717) is 18.6 Å². The maximum atomic E-state index is 12.2. The topological polar surface area (TPSA) is 38.3 Å². The number of ether oxygens (including phenoxy) is 1. The monoisotopic (exact) mass is 245 g/mol. The van der Waals surface area contributed by atoms with Crippen LogP contribution in [0.5, 0.6) is 0 Å². The van der Waals surface area contributed by atoms with Crippen LogP contribution in [-0.4, -0.2) is 36.2 Å². The number of hydrogen-bond acceptors (Lipinski definition) is 4. The average Bonchev–Trinajstić information content (AvgIpc) is 2.99. The van der Waals surface area contributed by atoms with Crippen LogP contribution in [0.4, 0.5) is 0 Å². The molecule has 1 aliphatic rings. The highest BCUT2D eigenvalue weighted by Gasteiger charge is 2.51. The zero-order valence-corrected chi connectivity index (χ0v) is 11.5. The number of thioether (sulfide) groups is 1. The molecule has 1 atom stereocenters. The second-order valence-electron chi connectivity index (χ2n) is 4.70. The highest BCUT2D eigenvalue weighted by molar-refractivity contribution is 7.98. The van der Waals surface area contributed by atoms with Crippen molar-refractivity contribution >= 4 is 17.7 Å². The van der Waals surface area contributed by atoms with E-state index in [1.807, 2.05) is 13.2 Å². The second-order valence-corrected chi connectivity index (χ2v) is 5.56. The highest BCUT2D eigenvalue weighted by atomic mass is 32.2. The molecule has 0 radical (unpaired) electrons. The van der Waals surface area contributed by atoms with Crippen LogP contribution >= 0.6 is 11.8 Å². The standard InChI is InChI=1S/C12H23NO2S/c1-5-15-11(14)12(8-16-4,10-6-7-10)13-9(2)3/h9-10,13H,5-8H2,1-4H3. The lowest BCUT2D eigenvalue weighted by Gasteiger charge is -2.34. The quantitative estimate of drug-likeness (QED) is 0.697. The van der Waals surface area contributed by atoms with Crippen molar-refractivity contribution < 1.29 is 9.53 Å². The minimum Gasteiger partial charge on any atom is -0.465 e.